The van der Waals surface area contributed by atoms with Crippen LogP contribution in [0.4, 0.5) is 0 Å². The van der Waals surface area contributed by atoms with E-state index in [1.807, 2.05) is 23.9 Å². The molecule has 0 aromatic heterocycles. The maximum atomic E-state index is 6.02. The molecule has 0 N–H and O–H groups in total. The van der Waals surface area contributed by atoms with Gasteiger partial charge in [-0.25, -0.2) is 0 Å². The van der Waals surface area contributed by atoms with Crippen molar-refractivity contribution in [3.63, 3.8) is 0 Å². The van der Waals surface area contributed by atoms with E-state index in [0.29, 0.717) is 0 Å². The Morgan fingerprint density at radius 1 is 1.14 bits per heavy atom. The van der Waals surface area contributed by atoms with E-state index in [2.05, 4.69) is 44.2 Å². The summed E-state index contributed by atoms with van der Waals surface area (Å²) >= 11 is 7.93. The summed E-state index contributed by atoms with van der Waals surface area (Å²) in [6, 6.07) is 13.1. The zero-order valence-electron chi connectivity index (χ0n) is 13.2. The van der Waals surface area contributed by atoms with Crippen LogP contribution in [0.2, 0.25) is 5.02 Å². The zero-order chi connectivity index (χ0) is 15.5. The molecule has 0 unspecified atom stereocenters. The maximum Gasteiger partial charge on any atom is 0.0408 e. The number of benzene rings is 2. The summed E-state index contributed by atoms with van der Waals surface area (Å²) in [6.45, 7) is 4.38. The van der Waals surface area contributed by atoms with Crippen LogP contribution in [0, 0.1) is 6.92 Å². The lowest BCUT2D eigenvalue weighted by Crippen LogP contribution is -1.88. The molecule has 0 saturated carbocycles. The van der Waals surface area contributed by atoms with Crippen LogP contribution in [-0.4, -0.2) is 0 Å². The monoisotopic (exact) mass is 328 g/mol. The number of fused-ring (bicyclic) bond motifs is 1. The van der Waals surface area contributed by atoms with Crippen molar-refractivity contribution < 1.29 is 0 Å². The van der Waals surface area contributed by atoms with Crippen LogP contribution in [-0.2, 0) is 12.2 Å². The molecule has 22 heavy (non-hydrogen) atoms. The van der Waals surface area contributed by atoms with Gasteiger partial charge in [-0.2, -0.15) is 0 Å². The van der Waals surface area contributed by atoms with E-state index in [1.54, 1.807) is 0 Å². The molecule has 0 heterocycles. The van der Waals surface area contributed by atoms with E-state index in [0.717, 1.165) is 17.2 Å². The molecule has 0 radical (unpaired) electrons. The third-order valence-corrected chi connectivity index (χ3v) is 5.49. The second-order valence-corrected chi connectivity index (χ2v) is 7.35. The van der Waals surface area contributed by atoms with Gasteiger partial charge < -0.3 is 0 Å². The van der Waals surface area contributed by atoms with Crippen LogP contribution in [0.3, 0.4) is 0 Å². The predicted molar refractivity (Wildman–Crippen MR) is 98.8 cm³/mol. The fourth-order valence-electron chi connectivity index (χ4n) is 2.97. The zero-order valence-corrected chi connectivity index (χ0v) is 14.7. The van der Waals surface area contributed by atoms with Crippen molar-refractivity contribution in [2.75, 3.05) is 0 Å². The fourth-order valence-corrected chi connectivity index (χ4v) is 4.24. The minimum Gasteiger partial charge on any atom is -0.121 e. The van der Waals surface area contributed by atoms with Gasteiger partial charge in [0.1, 0.15) is 0 Å². The van der Waals surface area contributed by atoms with Crippen molar-refractivity contribution in [1.29, 1.82) is 0 Å². The quantitative estimate of drug-likeness (QED) is 0.551. The highest BCUT2D eigenvalue weighted by molar-refractivity contribution is 7.98. The Bertz CT molecular complexity index is 716. The second kappa shape index (κ2) is 6.93. The lowest BCUT2D eigenvalue weighted by atomic mass is 10.0. The molecule has 1 aliphatic rings. The number of hydrogen-bond donors (Lipinski definition) is 0. The highest BCUT2D eigenvalue weighted by Crippen LogP contribution is 2.34. The van der Waals surface area contributed by atoms with Crippen molar-refractivity contribution in [2.45, 2.75) is 43.8 Å². The Hall–Kier alpha value is -1.18. The number of thioether (sulfide) groups is 1. The molecule has 0 nitrogen and oxygen atoms in total. The van der Waals surface area contributed by atoms with Crippen LogP contribution in [0.1, 0.15) is 42.0 Å². The lowest BCUT2D eigenvalue weighted by molar-refractivity contribution is 0.975. The van der Waals surface area contributed by atoms with Crippen molar-refractivity contribution in [3.8, 4) is 0 Å². The summed E-state index contributed by atoms with van der Waals surface area (Å²) < 4.78 is 0. The Labute approximate surface area is 142 Å². The van der Waals surface area contributed by atoms with Gasteiger partial charge in [-0.15, -0.1) is 11.8 Å². The summed E-state index contributed by atoms with van der Waals surface area (Å²) in [6.07, 6.45) is 5.91. The average Bonchev–Trinajstić information content (AvgIpc) is 2.89. The molecule has 2 aromatic rings. The van der Waals surface area contributed by atoms with Crippen molar-refractivity contribution in [1.82, 2.24) is 0 Å². The molecule has 0 atom stereocenters. The van der Waals surface area contributed by atoms with E-state index in [-0.39, 0.29) is 0 Å². The van der Waals surface area contributed by atoms with Gasteiger partial charge in [0.25, 0.3) is 0 Å². The molecule has 114 valence electrons. The van der Waals surface area contributed by atoms with Crippen molar-refractivity contribution in [2.24, 2.45) is 0 Å². The smallest absolute Gasteiger partial charge is 0.0408 e. The number of hydrogen-bond acceptors (Lipinski definition) is 1. The van der Waals surface area contributed by atoms with E-state index < -0.39 is 0 Å². The second-order valence-electron chi connectivity index (χ2n) is 5.86. The summed E-state index contributed by atoms with van der Waals surface area (Å²) in [4.78, 5) is 1.36. The van der Waals surface area contributed by atoms with E-state index in [1.165, 1.54) is 45.6 Å². The summed E-state index contributed by atoms with van der Waals surface area (Å²) in [5, 5.41) is 0.818. The van der Waals surface area contributed by atoms with Gasteiger partial charge in [0.15, 0.2) is 0 Å². The first-order chi connectivity index (χ1) is 10.7. The molecule has 2 heteroatoms. The summed E-state index contributed by atoms with van der Waals surface area (Å²) in [5.74, 6) is 0.997. The molecule has 0 amide bonds. The minimum atomic E-state index is 0.818. The van der Waals surface area contributed by atoms with Crippen molar-refractivity contribution >= 4 is 28.9 Å². The number of aryl methyl sites for hydroxylation is 1. The van der Waals surface area contributed by atoms with E-state index in [9.17, 15) is 0 Å². The molecular formula is C20H21ClS. The Morgan fingerprint density at radius 2 is 2.00 bits per heavy atom. The highest BCUT2D eigenvalue weighted by Gasteiger charge is 2.13. The topological polar surface area (TPSA) is 0 Å². The molecular weight excluding hydrogens is 308 g/mol. The largest absolute Gasteiger partial charge is 0.121 e. The standard InChI is InChI=1S/C20H21ClS/c1-3-4-15-5-6-16-12-19(9-10-20(15)16)22-13-17-7-8-18(21)11-14(17)2/h5,7-12H,3-4,6,13H2,1-2H3. The molecule has 0 bridgehead atoms. The Kier molecular flexibility index (Phi) is 4.95. The average molecular weight is 329 g/mol. The first kappa shape index (κ1) is 15.7. The molecule has 0 saturated heterocycles. The third-order valence-electron chi connectivity index (χ3n) is 4.21. The van der Waals surface area contributed by atoms with Gasteiger partial charge in [-0.1, -0.05) is 43.2 Å². The van der Waals surface area contributed by atoms with Gasteiger partial charge in [0.05, 0.1) is 0 Å². The number of rotatable bonds is 5. The van der Waals surface area contributed by atoms with E-state index >= 15 is 0 Å². The molecule has 0 fully saturated rings. The Morgan fingerprint density at radius 3 is 2.77 bits per heavy atom. The maximum absolute atomic E-state index is 6.02. The number of allylic oxidation sites excluding steroid dienone is 2. The number of halogens is 1. The minimum absolute atomic E-state index is 0.818. The van der Waals surface area contributed by atoms with Gasteiger partial charge in [-0.05, 0) is 71.9 Å². The van der Waals surface area contributed by atoms with Gasteiger partial charge in [0.2, 0.25) is 0 Å². The highest BCUT2D eigenvalue weighted by atomic mass is 35.5. The molecule has 3 rings (SSSR count). The Balaban J connectivity index is 1.70. The molecule has 0 spiro atoms. The normalized spacial score (nSPS) is 13.1. The molecule has 0 aliphatic heterocycles. The van der Waals surface area contributed by atoms with Crippen LogP contribution < -0.4 is 0 Å². The van der Waals surface area contributed by atoms with Crippen LogP contribution in [0.5, 0.6) is 0 Å². The van der Waals surface area contributed by atoms with Gasteiger partial charge in [-0.3, -0.25) is 0 Å². The first-order valence-corrected chi connectivity index (χ1v) is 9.24. The van der Waals surface area contributed by atoms with Crippen LogP contribution in [0.15, 0.2) is 47.4 Å². The summed E-state index contributed by atoms with van der Waals surface area (Å²) in [5.41, 5.74) is 7.12. The fraction of sp³-hybridized carbons (Fsp3) is 0.300. The first-order valence-electron chi connectivity index (χ1n) is 7.87. The predicted octanol–water partition coefficient (Wildman–Crippen LogP) is 6.68. The summed E-state index contributed by atoms with van der Waals surface area (Å²) in [7, 11) is 0. The molecule has 2 aromatic carbocycles. The van der Waals surface area contributed by atoms with Gasteiger partial charge >= 0.3 is 0 Å². The SMILES string of the molecule is CCCC1=CCc2cc(SCc3ccc(Cl)cc3C)ccc21. The third kappa shape index (κ3) is 3.42. The van der Waals surface area contributed by atoms with Gasteiger partial charge in [0, 0.05) is 15.7 Å². The van der Waals surface area contributed by atoms with Crippen molar-refractivity contribution in [3.05, 3.63) is 69.8 Å². The van der Waals surface area contributed by atoms with Crippen LogP contribution >= 0.6 is 23.4 Å². The van der Waals surface area contributed by atoms with E-state index in [4.69, 9.17) is 11.6 Å². The lowest BCUT2D eigenvalue weighted by Gasteiger charge is -2.09. The molecule has 1 aliphatic carbocycles. The van der Waals surface area contributed by atoms with Crippen LogP contribution in [0.25, 0.3) is 5.57 Å².